The van der Waals surface area contributed by atoms with Gasteiger partial charge in [0.05, 0.1) is 0 Å². The van der Waals surface area contributed by atoms with Crippen molar-refractivity contribution in [1.82, 2.24) is 9.88 Å². The molecule has 5 aromatic rings. The van der Waals surface area contributed by atoms with Crippen molar-refractivity contribution < 1.29 is 9.53 Å². The van der Waals surface area contributed by atoms with Gasteiger partial charge in [0, 0.05) is 53.1 Å². The molecule has 0 unspecified atom stereocenters. The highest BCUT2D eigenvalue weighted by Crippen LogP contribution is 2.36. The van der Waals surface area contributed by atoms with Gasteiger partial charge in [-0.25, -0.2) is 0 Å². The summed E-state index contributed by atoms with van der Waals surface area (Å²) in [6.45, 7) is 0.972. The molecular formula is C33H30Cl2N2O2. The highest BCUT2D eigenvalue weighted by Gasteiger charge is 2.23. The van der Waals surface area contributed by atoms with Crippen molar-refractivity contribution in [2.24, 2.45) is 7.05 Å². The van der Waals surface area contributed by atoms with Crippen LogP contribution in [-0.2, 0) is 24.9 Å². The third-order valence-corrected chi connectivity index (χ3v) is 7.52. The Bertz CT molecular complexity index is 1580. The third-order valence-electron chi connectivity index (χ3n) is 6.93. The van der Waals surface area contributed by atoms with Crippen LogP contribution in [0.5, 0.6) is 5.75 Å². The highest BCUT2D eigenvalue weighted by molar-refractivity contribution is 6.35. The lowest BCUT2D eigenvalue weighted by atomic mass is 9.88. The molecule has 198 valence electrons. The van der Waals surface area contributed by atoms with E-state index in [0.29, 0.717) is 36.0 Å². The summed E-state index contributed by atoms with van der Waals surface area (Å²) in [5.41, 5.74) is 5.34. The number of amides is 1. The fraction of sp³-hybridized carbons (Fsp3) is 0.182. The fourth-order valence-electron chi connectivity index (χ4n) is 4.94. The Morgan fingerprint density at radius 3 is 2.54 bits per heavy atom. The standard InChI is InChI=1S/C33H30Cl2N2O2/c1-37-21-30(28-12-5-6-13-32(28)37)29(20-33(38)36-17-16-24-14-15-26(34)19-31(24)35)25-10-7-11-27(18-25)39-22-23-8-3-2-4-9-23/h2-15,18-19,21,29H,16-17,20,22H2,1H3,(H,36,38)/t29-/m1/s1. The Kier molecular flexibility index (Phi) is 8.55. The van der Waals surface area contributed by atoms with Gasteiger partial charge in [-0.3, -0.25) is 4.79 Å². The summed E-state index contributed by atoms with van der Waals surface area (Å²) >= 11 is 12.3. The molecule has 1 amide bonds. The zero-order valence-corrected chi connectivity index (χ0v) is 23.3. The molecule has 0 bridgehead atoms. The minimum atomic E-state index is -0.143. The molecule has 4 nitrogen and oxygen atoms in total. The molecule has 0 spiro atoms. The van der Waals surface area contributed by atoms with Crippen LogP contribution in [0.25, 0.3) is 10.9 Å². The lowest BCUT2D eigenvalue weighted by Crippen LogP contribution is -2.27. The van der Waals surface area contributed by atoms with Crippen molar-refractivity contribution in [3.63, 3.8) is 0 Å². The van der Waals surface area contributed by atoms with Gasteiger partial charge in [0.25, 0.3) is 0 Å². The quantitative estimate of drug-likeness (QED) is 0.189. The average Bonchev–Trinajstić information content (AvgIpc) is 3.28. The molecule has 0 aliphatic heterocycles. The fourth-order valence-corrected chi connectivity index (χ4v) is 5.44. The molecule has 0 saturated heterocycles. The maximum atomic E-state index is 13.3. The first-order chi connectivity index (χ1) is 19.0. The first-order valence-electron chi connectivity index (χ1n) is 13.0. The Morgan fingerprint density at radius 1 is 0.923 bits per heavy atom. The van der Waals surface area contributed by atoms with Crippen LogP contribution in [0, 0.1) is 0 Å². The Labute approximate surface area is 239 Å². The van der Waals surface area contributed by atoms with Crippen molar-refractivity contribution in [2.75, 3.05) is 6.54 Å². The smallest absolute Gasteiger partial charge is 0.220 e. The van der Waals surface area contributed by atoms with Crippen molar-refractivity contribution in [1.29, 1.82) is 0 Å². The van der Waals surface area contributed by atoms with E-state index >= 15 is 0 Å². The van der Waals surface area contributed by atoms with E-state index in [0.717, 1.165) is 38.9 Å². The number of aryl methyl sites for hydroxylation is 1. The molecule has 39 heavy (non-hydrogen) atoms. The molecule has 1 atom stereocenters. The Balaban J connectivity index is 1.37. The van der Waals surface area contributed by atoms with Crippen LogP contribution in [0.4, 0.5) is 0 Å². The Hall–Kier alpha value is -3.73. The van der Waals surface area contributed by atoms with Gasteiger partial charge in [-0.2, -0.15) is 0 Å². The minimum Gasteiger partial charge on any atom is -0.489 e. The summed E-state index contributed by atoms with van der Waals surface area (Å²) in [4.78, 5) is 13.3. The van der Waals surface area contributed by atoms with Crippen LogP contribution in [-0.4, -0.2) is 17.0 Å². The van der Waals surface area contributed by atoms with E-state index in [-0.39, 0.29) is 11.8 Å². The number of nitrogens with one attached hydrogen (secondary N) is 1. The lowest BCUT2D eigenvalue weighted by Gasteiger charge is -2.18. The van der Waals surface area contributed by atoms with E-state index in [1.54, 1.807) is 6.07 Å². The normalized spacial score (nSPS) is 11.9. The number of rotatable bonds is 10. The number of aromatic nitrogens is 1. The largest absolute Gasteiger partial charge is 0.489 e. The summed E-state index contributed by atoms with van der Waals surface area (Å²) in [5, 5.41) is 5.44. The second kappa shape index (κ2) is 12.4. The van der Waals surface area contributed by atoms with Crippen LogP contribution in [0.1, 0.15) is 34.6 Å². The van der Waals surface area contributed by atoms with E-state index in [2.05, 4.69) is 40.3 Å². The van der Waals surface area contributed by atoms with E-state index < -0.39 is 0 Å². The molecule has 0 aliphatic rings. The lowest BCUT2D eigenvalue weighted by molar-refractivity contribution is -0.121. The molecule has 4 aromatic carbocycles. The number of nitrogens with zero attached hydrogens (tertiary/aromatic N) is 1. The first-order valence-corrected chi connectivity index (χ1v) is 13.7. The monoisotopic (exact) mass is 556 g/mol. The summed E-state index contributed by atoms with van der Waals surface area (Å²) in [6.07, 6.45) is 3.07. The predicted molar refractivity (Wildman–Crippen MR) is 160 cm³/mol. The summed E-state index contributed by atoms with van der Waals surface area (Å²) in [5.74, 6) is 0.614. The molecule has 5 rings (SSSR count). The molecule has 1 aromatic heterocycles. The van der Waals surface area contributed by atoms with Gasteiger partial charge >= 0.3 is 0 Å². The average molecular weight is 558 g/mol. The molecule has 0 saturated carbocycles. The zero-order chi connectivity index (χ0) is 27.2. The van der Waals surface area contributed by atoms with E-state index in [1.165, 1.54) is 0 Å². The number of halogens is 2. The number of ether oxygens (including phenoxy) is 1. The van der Waals surface area contributed by atoms with E-state index in [1.807, 2.05) is 73.8 Å². The SMILES string of the molecule is Cn1cc([C@H](CC(=O)NCCc2ccc(Cl)cc2Cl)c2cccc(OCc3ccccc3)c2)c2ccccc21. The molecule has 0 fully saturated rings. The van der Waals surface area contributed by atoms with Crippen molar-refractivity contribution >= 4 is 40.0 Å². The van der Waals surface area contributed by atoms with E-state index in [9.17, 15) is 4.79 Å². The van der Waals surface area contributed by atoms with Crippen molar-refractivity contribution in [2.45, 2.75) is 25.4 Å². The van der Waals surface area contributed by atoms with Gasteiger partial charge in [-0.15, -0.1) is 0 Å². The zero-order valence-electron chi connectivity index (χ0n) is 21.7. The summed E-state index contributed by atoms with van der Waals surface area (Å²) in [7, 11) is 2.04. The summed E-state index contributed by atoms with van der Waals surface area (Å²) < 4.78 is 8.24. The minimum absolute atomic E-state index is 0.0198. The summed E-state index contributed by atoms with van der Waals surface area (Å²) in [6, 6.07) is 31.9. The Morgan fingerprint density at radius 2 is 1.72 bits per heavy atom. The van der Waals surface area contributed by atoms with E-state index in [4.69, 9.17) is 27.9 Å². The number of carbonyl (C=O) groups is 1. The van der Waals surface area contributed by atoms with Crippen LogP contribution in [0.15, 0.2) is 103 Å². The molecule has 0 radical (unpaired) electrons. The van der Waals surface area contributed by atoms with Gasteiger partial charge in [0.1, 0.15) is 12.4 Å². The molecule has 1 N–H and O–H groups in total. The molecular weight excluding hydrogens is 527 g/mol. The first kappa shape index (κ1) is 26.9. The van der Waals surface area contributed by atoms with Gasteiger partial charge < -0.3 is 14.6 Å². The number of carbonyl (C=O) groups excluding carboxylic acids is 1. The third kappa shape index (κ3) is 6.65. The number of hydrogen-bond donors (Lipinski definition) is 1. The molecule has 1 heterocycles. The van der Waals surface area contributed by atoms with Gasteiger partial charge in [-0.05, 0) is 59.0 Å². The molecule has 0 aliphatic carbocycles. The second-order valence-electron chi connectivity index (χ2n) is 9.65. The van der Waals surface area contributed by atoms with Crippen LogP contribution >= 0.6 is 23.2 Å². The van der Waals surface area contributed by atoms with Gasteiger partial charge in [0.2, 0.25) is 5.91 Å². The highest BCUT2D eigenvalue weighted by atomic mass is 35.5. The maximum absolute atomic E-state index is 13.3. The maximum Gasteiger partial charge on any atom is 0.220 e. The van der Waals surface area contributed by atoms with Crippen LogP contribution in [0.3, 0.4) is 0 Å². The van der Waals surface area contributed by atoms with Crippen LogP contribution in [0.2, 0.25) is 10.0 Å². The van der Waals surface area contributed by atoms with Crippen molar-refractivity contribution in [3.8, 4) is 5.75 Å². The molecule has 6 heteroatoms. The van der Waals surface area contributed by atoms with Crippen LogP contribution < -0.4 is 10.1 Å². The predicted octanol–water partition coefficient (Wildman–Crippen LogP) is 7.95. The second-order valence-corrected chi connectivity index (χ2v) is 10.5. The topological polar surface area (TPSA) is 43.3 Å². The number of para-hydroxylation sites is 1. The van der Waals surface area contributed by atoms with Gasteiger partial charge in [0.15, 0.2) is 0 Å². The number of fused-ring (bicyclic) bond motifs is 1. The number of benzene rings is 4. The van der Waals surface area contributed by atoms with Crippen molar-refractivity contribution in [3.05, 3.63) is 136 Å². The number of hydrogen-bond acceptors (Lipinski definition) is 2. The van der Waals surface area contributed by atoms with Gasteiger partial charge in [-0.1, -0.05) is 89.9 Å².